The van der Waals surface area contributed by atoms with Gasteiger partial charge in [-0.05, 0) is 26.7 Å². The fraction of sp³-hybridized carbons (Fsp3) is 0.667. The summed E-state index contributed by atoms with van der Waals surface area (Å²) in [6.45, 7) is 4.58. The van der Waals surface area contributed by atoms with Crippen molar-refractivity contribution in [3.63, 3.8) is 0 Å². The van der Waals surface area contributed by atoms with Gasteiger partial charge in [0.1, 0.15) is 11.6 Å². The Labute approximate surface area is 108 Å². The molecule has 0 amide bonds. The van der Waals surface area contributed by atoms with E-state index in [0.29, 0.717) is 11.9 Å². The van der Waals surface area contributed by atoms with Crippen molar-refractivity contribution in [3.05, 3.63) is 22.8 Å². The Morgan fingerprint density at radius 1 is 1.22 bits per heavy atom. The summed E-state index contributed by atoms with van der Waals surface area (Å²) < 4.78 is 22.5. The van der Waals surface area contributed by atoms with Crippen molar-refractivity contribution in [1.29, 1.82) is 0 Å². The lowest BCUT2D eigenvalue weighted by atomic mass is 10.1. The molecule has 0 radical (unpaired) electrons. The first-order chi connectivity index (χ1) is 8.35. The predicted octanol–water partition coefficient (Wildman–Crippen LogP) is 0.890. The number of hydrogen-bond donors (Lipinski definition) is 1. The molecular formula is C12H19N3O2S. The second-order valence-electron chi connectivity index (χ2n) is 5.01. The van der Waals surface area contributed by atoms with Crippen molar-refractivity contribution in [2.75, 3.05) is 6.26 Å². The quantitative estimate of drug-likeness (QED) is 0.859. The fourth-order valence-corrected chi connectivity index (χ4v) is 2.50. The van der Waals surface area contributed by atoms with Gasteiger partial charge in [-0.15, -0.1) is 0 Å². The van der Waals surface area contributed by atoms with E-state index in [0.717, 1.165) is 23.5 Å². The molecule has 0 atom stereocenters. The van der Waals surface area contributed by atoms with E-state index in [4.69, 9.17) is 0 Å². The summed E-state index contributed by atoms with van der Waals surface area (Å²) in [5.74, 6) is 0.299. The summed E-state index contributed by atoms with van der Waals surface area (Å²) in [5.41, 5.74) is 2.82. The molecule has 1 heterocycles. The minimum Gasteiger partial charge on any atom is -0.310 e. The second kappa shape index (κ2) is 4.93. The molecule has 0 spiro atoms. The van der Waals surface area contributed by atoms with Crippen molar-refractivity contribution in [1.82, 2.24) is 15.3 Å². The third-order valence-corrected chi connectivity index (χ3v) is 3.79. The smallest absolute Gasteiger partial charge is 0.154 e. The zero-order valence-corrected chi connectivity index (χ0v) is 11.8. The summed E-state index contributed by atoms with van der Waals surface area (Å²) in [6.07, 6.45) is 3.68. The Morgan fingerprint density at radius 3 is 2.22 bits per heavy atom. The number of rotatable bonds is 5. The molecule has 1 aliphatic carbocycles. The average Bonchev–Trinajstić information content (AvgIpc) is 2.97. The molecule has 1 saturated carbocycles. The van der Waals surface area contributed by atoms with Gasteiger partial charge in [0.05, 0.1) is 0 Å². The van der Waals surface area contributed by atoms with Crippen LogP contribution in [0.15, 0.2) is 0 Å². The Morgan fingerprint density at radius 2 is 1.78 bits per heavy atom. The van der Waals surface area contributed by atoms with Crippen LogP contribution < -0.4 is 5.32 Å². The Kier molecular flexibility index (Phi) is 3.68. The van der Waals surface area contributed by atoms with Gasteiger partial charge >= 0.3 is 0 Å². The minimum absolute atomic E-state index is 0.0922. The molecule has 0 bridgehead atoms. The summed E-state index contributed by atoms with van der Waals surface area (Å²) in [7, 11) is -3.08. The van der Waals surface area contributed by atoms with Crippen LogP contribution in [0.4, 0.5) is 0 Å². The lowest BCUT2D eigenvalue weighted by Crippen LogP contribution is -2.19. The first kappa shape index (κ1) is 13.4. The normalized spacial score (nSPS) is 15.9. The number of aromatic nitrogens is 2. The van der Waals surface area contributed by atoms with E-state index in [1.807, 2.05) is 13.8 Å². The van der Waals surface area contributed by atoms with E-state index >= 15 is 0 Å². The summed E-state index contributed by atoms with van der Waals surface area (Å²) in [4.78, 5) is 8.57. The van der Waals surface area contributed by atoms with Gasteiger partial charge in [0.15, 0.2) is 9.84 Å². The summed E-state index contributed by atoms with van der Waals surface area (Å²) in [5, 5.41) is 3.42. The van der Waals surface area contributed by atoms with Gasteiger partial charge < -0.3 is 5.32 Å². The second-order valence-corrected chi connectivity index (χ2v) is 7.15. The van der Waals surface area contributed by atoms with Crippen LogP contribution in [0.25, 0.3) is 0 Å². The maximum atomic E-state index is 11.2. The van der Waals surface area contributed by atoms with Crippen molar-refractivity contribution in [2.24, 2.45) is 0 Å². The van der Waals surface area contributed by atoms with Crippen LogP contribution in [-0.2, 0) is 22.1 Å². The highest BCUT2D eigenvalue weighted by Gasteiger charge is 2.21. The Hall–Kier alpha value is -1.01. The fourth-order valence-electron chi connectivity index (χ4n) is 1.90. The molecule has 1 aromatic rings. The summed E-state index contributed by atoms with van der Waals surface area (Å²) in [6, 6.07) is 0.638. The Bertz CT molecular complexity index is 527. The number of aryl methyl sites for hydroxylation is 2. The molecule has 0 saturated heterocycles. The van der Waals surface area contributed by atoms with Crippen LogP contribution in [0, 0.1) is 13.8 Å². The van der Waals surface area contributed by atoms with Crippen molar-refractivity contribution < 1.29 is 8.42 Å². The van der Waals surface area contributed by atoms with Gasteiger partial charge in [-0.25, -0.2) is 18.4 Å². The highest BCUT2D eigenvalue weighted by atomic mass is 32.2. The van der Waals surface area contributed by atoms with E-state index in [-0.39, 0.29) is 5.75 Å². The third-order valence-electron chi connectivity index (χ3n) is 3.00. The van der Waals surface area contributed by atoms with Crippen LogP contribution in [0.3, 0.4) is 0 Å². The van der Waals surface area contributed by atoms with Gasteiger partial charge in [0.25, 0.3) is 0 Å². The van der Waals surface area contributed by atoms with E-state index in [1.54, 1.807) is 0 Å². The number of sulfone groups is 1. The van der Waals surface area contributed by atoms with Gasteiger partial charge in [-0.2, -0.15) is 0 Å². The molecular weight excluding hydrogens is 250 g/mol. The molecule has 0 aromatic carbocycles. The van der Waals surface area contributed by atoms with E-state index in [2.05, 4.69) is 15.3 Å². The summed E-state index contributed by atoms with van der Waals surface area (Å²) >= 11 is 0. The molecule has 1 aromatic heterocycles. The minimum atomic E-state index is -3.08. The van der Waals surface area contributed by atoms with Gasteiger partial charge in [-0.1, -0.05) is 0 Å². The largest absolute Gasteiger partial charge is 0.310 e. The van der Waals surface area contributed by atoms with E-state index < -0.39 is 9.84 Å². The molecule has 1 aliphatic rings. The predicted molar refractivity (Wildman–Crippen MR) is 69.9 cm³/mol. The zero-order chi connectivity index (χ0) is 13.3. The molecule has 1 fully saturated rings. The van der Waals surface area contributed by atoms with Gasteiger partial charge in [0.2, 0.25) is 0 Å². The van der Waals surface area contributed by atoms with Crippen LogP contribution in [-0.4, -0.2) is 30.7 Å². The highest BCUT2D eigenvalue weighted by Crippen LogP contribution is 2.20. The molecule has 18 heavy (non-hydrogen) atoms. The average molecular weight is 269 g/mol. The van der Waals surface area contributed by atoms with E-state index in [9.17, 15) is 8.42 Å². The van der Waals surface area contributed by atoms with Crippen LogP contribution >= 0.6 is 0 Å². The standard InChI is InChI=1S/C12H19N3O2S/c1-8-11(6-13-10-4-5-10)9(2)15-12(14-8)7-18(3,16)17/h10,13H,4-7H2,1-3H3. The third kappa shape index (κ3) is 3.74. The maximum absolute atomic E-state index is 11.2. The van der Waals surface area contributed by atoms with Crippen LogP contribution in [0.1, 0.15) is 35.6 Å². The van der Waals surface area contributed by atoms with Crippen molar-refractivity contribution in [3.8, 4) is 0 Å². The maximum Gasteiger partial charge on any atom is 0.154 e. The molecule has 0 aliphatic heterocycles. The lowest BCUT2D eigenvalue weighted by Gasteiger charge is -2.11. The first-order valence-electron chi connectivity index (χ1n) is 6.09. The van der Waals surface area contributed by atoms with Gasteiger partial charge in [0, 0.05) is 35.8 Å². The van der Waals surface area contributed by atoms with Crippen molar-refractivity contribution in [2.45, 2.75) is 45.0 Å². The SMILES string of the molecule is Cc1nc(CS(C)(=O)=O)nc(C)c1CNC1CC1. The number of nitrogens with zero attached hydrogens (tertiary/aromatic N) is 2. The molecule has 100 valence electrons. The van der Waals surface area contributed by atoms with Crippen LogP contribution in [0.2, 0.25) is 0 Å². The molecule has 2 rings (SSSR count). The van der Waals surface area contributed by atoms with E-state index in [1.165, 1.54) is 19.1 Å². The zero-order valence-electron chi connectivity index (χ0n) is 11.0. The molecule has 6 heteroatoms. The Balaban J connectivity index is 2.16. The van der Waals surface area contributed by atoms with Crippen LogP contribution in [0.5, 0.6) is 0 Å². The molecule has 1 N–H and O–H groups in total. The molecule has 0 unspecified atom stereocenters. The number of nitrogens with one attached hydrogen (secondary N) is 1. The molecule has 5 nitrogen and oxygen atoms in total. The monoisotopic (exact) mass is 269 g/mol. The van der Waals surface area contributed by atoms with Gasteiger partial charge in [-0.3, -0.25) is 0 Å². The first-order valence-corrected chi connectivity index (χ1v) is 8.15. The number of hydrogen-bond acceptors (Lipinski definition) is 5. The lowest BCUT2D eigenvalue weighted by molar-refractivity contribution is 0.599. The topological polar surface area (TPSA) is 72.0 Å². The highest BCUT2D eigenvalue weighted by molar-refractivity contribution is 7.89. The van der Waals surface area contributed by atoms with Crippen molar-refractivity contribution >= 4 is 9.84 Å².